The first kappa shape index (κ1) is 27.7. The molecule has 3 aliphatic heterocycles. The lowest BCUT2D eigenvalue weighted by molar-refractivity contribution is -0.771. The molecule has 1 N–H and O–H groups in total. The Labute approximate surface area is 248 Å². The summed E-state index contributed by atoms with van der Waals surface area (Å²) in [6.07, 6.45) is 9.90. The molecule has 2 atom stereocenters. The summed E-state index contributed by atoms with van der Waals surface area (Å²) >= 11 is 0. The first-order valence-corrected chi connectivity index (χ1v) is 13.4. The SMILES string of the molecule is C=CCOC1C(OC)=CC=C2C1=C[NH+]1CCc3cc4c(cc3C1=C2Cc1ccc(C(C)(C)C)cc1)OCO4.[I-]. The van der Waals surface area contributed by atoms with E-state index in [0.717, 1.165) is 42.2 Å². The summed E-state index contributed by atoms with van der Waals surface area (Å²) in [5, 5.41) is 0. The van der Waals surface area contributed by atoms with Crippen molar-refractivity contribution in [2.24, 2.45) is 0 Å². The molecule has 0 spiro atoms. The smallest absolute Gasteiger partial charge is 0.231 e. The minimum Gasteiger partial charge on any atom is -1.00 e. The maximum absolute atomic E-state index is 6.27. The van der Waals surface area contributed by atoms with E-state index in [0.29, 0.717) is 6.61 Å². The van der Waals surface area contributed by atoms with E-state index in [1.54, 1.807) is 13.2 Å². The van der Waals surface area contributed by atoms with E-state index >= 15 is 0 Å². The quantitative estimate of drug-likeness (QED) is 0.390. The Bertz CT molecular complexity index is 1410. The largest absolute Gasteiger partial charge is 1.00 e. The molecule has 1 aliphatic carbocycles. The summed E-state index contributed by atoms with van der Waals surface area (Å²) in [6.45, 7) is 12.3. The molecule has 0 amide bonds. The van der Waals surface area contributed by atoms with Crippen LogP contribution >= 0.6 is 0 Å². The van der Waals surface area contributed by atoms with Crippen molar-refractivity contribution < 1.29 is 47.8 Å². The fourth-order valence-corrected chi connectivity index (χ4v) is 5.91. The van der Waals surface area contributed by atoms with Gasteiger partial charge >= 0.3 is 0 Å². The van der Waals surface area contributed by atoms with E-state index < -0.39 is 0 Å². The van der Waals surface area contributed by atoms with E-state index in [9.17, 15) is 0 Å². The second kappa shape index (κ2) is 11.0. The Hall–Kier alpha value is -2.81. The second-order valence-corrected chi connectivity index (χ2v) is 11.3. The van der Waals surface area contributed by atoms with Crippen molar-refractivity contribution in [3.63, 3.8) is 0 Å². The Morgan fingerprint density at radius 3 is 2.51 bits per heavy atom. The van der Waals surface area contributed by atoms with Gasteiger partial charge in [0.1, 0.15) is 23.8 Å². The van der Waals surface area contributed by atoms with Gasteiger partial charge in [-0.2, -0.15) is 0 Å². The van der Waals surface area contributed by atoms with Crippen LogP contribution in [0.2, 0.25) is 0 Å². The number of ether oxygens (including phenoxy) is 4. The third kappa shape index (κ3) is 5.10. The molecule has 2 aromatic carbocycles. The van der Waals surface area contributed by atoms with Crippen LogP contribution < -0.4 is 38.4 Å². The zero-order valence-electron chi connectivity index (χ0n) is 23.1. The van der Waals surface area contributed by atoms with Gasteiger partial charge in [-0.05, 0) is 45.9 Å². The highest BCUT2D eigenvalue weighted by Crippen LogP contribution is 2.42. The number of benzene rings is 2. The molecule has 2 unspecified atom stereocenters. The molecule has 39 heavy (non-hydrogen) atoms. The van der Waals surface area contributed by atoms with Gasteiger partial charge in [-0.15, -0.1) is 6.58 Å². The van der Waals surface area contributed by atoms with Gasteiger partial charge in [-0.1, -0.05) is 57.2 Å². The average molecular weight is 638 g/mol. The standard InChI is InChI=1S/C33H35NO4.HI/c1-6-15-36-32-27-19-34-14-13-22-17-29-30(38-20-37-29)18-25(22)31(34)26(24(27)11-12-28(32)35-5)16-21-7-9-23(10-8-21)33(2,3)4;/h6-12,17-19,32H,1,13-16,20H2,2-5H3;1H. The highest BCUT2D eigenvalue weighted by Gasteiger charge is 2.40. The van der Waals surface area contributed by atoms with Crippen molar-refractivity contribution in [2.45, 2.75) is 45.1 Å². The Kier molecular flexibility index (Phi) is 7.82. The van der Waals surface area contributed by atoms with Crippen LogP contribution in [0.15, 0.2) is 89.9 Å². The van der Waals surface area contributed by atoms with Crippen molar-refractivity contribution in [3.05, 3.63) is 112 Å². The monoisotopic (exact) mass is 637 g/mol. The molecule has 0 saturated heterocycles. The predicted octanol–water partition coefficient (Wildman–Crippen LogP) is 2.05. The summed E-state index contributed by atoms with van der Waals surface area (Å²) in [7, 11) is 1.71. The number of fused-ring (bicyclic) bond motifs is 5. The van der Waals surface area contributed by atoms with E-state index in [1.807, 2.05) is 0 Å². The average Bonchev–Trinajstić information content (AvgIpc) is 3.37. The van der Waals surface area contributed by atoms with E-state index in [-0.39, 0.29) is 42.3 Å². The molecule has 6 rings (SSSR count). The molecule has 3 heterocycles. The Balaban J connectivity index is 0.00000308. The molecule has 204 valence electrons. The first-order valence-electron chi connectivity index (χ1n) is 13.4. The summed E-state index contributed by atoms with van der Waals surface area (Å²) in [6, 6.07) is 13.4. The molecule has 0 fully saturated rings. The number of nitrogens with one attached hydrogen (secondary N) is 1. The molecule has 2 aromatic rings. The zero-order valence-corrected chi connectivity index (χ0v) is 25.3. The van der Waals surface area contributed by atoms with Crippen molar-refractivity contribution in [2.75, 3.05) is 27.1 Å². The van der Waals surface area contributed by atoms with Crippen LogP contribution in [0.5, 0.6) is 11.5 Å². The van der Waals surface area contributed by atoms with E-state index in [2.05, 4.69) is 82.1 Å². The first-order chi connectivity index (χ1) is 18.4. The number of methoxy groups -OCH3 is 1. The van der Waals surface area contributed by atoms with Crippen LogP contribution in [0.3, 0.4) is 0 Å². The normalized spacial score (nSPS) is 21.0. The van der Waals surface area contributed by atoms with Crippen LogP contribution in [-0.2, 0) is 27.7 Å². The Morgan fingerprint density at radius 1 is 1.08 bits per heavy atom. The van der Waals surface area contributed by atoms with Crippen molar-refractivity contribution in [1.29, 1.82) is 0 Å². The Morgan fingerprint density at radius 2 is 1.82 bits per heavy atom. The van der Waals surface area contributed by atoms with Gasteiger partial charge in [-0.25, -0.2) is 0 Å². The summed E-state index contributed by atoms with van der Waals surface area (Å²) in [4.78, 5) is 1.34. The number of allylic oxidation sites excluding steroid dienone is 3. The molecule has 5 nitrogen and oxygen atoms in total. The minimum absolute atomic E-state index is 0. The van der Waals surface area contributed by atoms with Crippen LogP contribution in [-0.4, -0.2) is 33.2 Å². The fraction of sp³-hybridized carbons (Fsp3) is 0.333. The number of hydrogen-bond donors (Lipinski definition) is 1. The fourth-order valence-electron chi connectivity index (χ4n) is 5.91. The topological polar surface area (TPSA) is 41.4 Å². The third-order valence-corrected chi connectivity index (χ3v) is 7.89. The van der Waals surface area contributed by atoms with Gasteiger partial charge in [0.05, 0.1) is 20.3 Å². The van der Waals surface area contributed by atoms with Gasteiger partial charge in [0.2, 0.25) is 6.79 Å². The summed E-state index contributed by atoms with van der Waals surface area (Å²) in [5.41, 5.74) is 10.3. The number of rotatable bonds is 6. The number of halogens is 1. The lowest BCUT2D eigenvalue weighted by Crippen LogP contribution is -3.06. The molecule has 0 radical (unpaired) electrons. The summed E-state index contributed by atoms with van der Waals surface area (Å²) < 4.78 is 23.5. The highest BCUT2D eigenvalue weighted by molar-refractivity contribution is 5.77. The molecular formula is C33H36INO4. The van der Waals surface area contributed by atoms with Gasteiger partial charge in [0, 0.05) is 29.6 Å². The molecule has 6 heteroatoms. The second-order valence-electron chi connectivity index (χ2n) is 11.3. The van der Waals surface area contributed by atoms with Gasteiger partial charge < -0.3 is 42.9 Å². The third-order valence-electron chi connectivity index (χ3n) is 7.89. The number of quaternary nitrogens is 1. The molecule has 0 aromatic heterocycles. The maximum atomic E-state index is 6.27. The summed E-state index contributed by atoms with van der Waals surface area (Å²) in [5.74, 6) is 2.49. The predicted molar refractivity (Wildman–Crippen MR) is 149 cm³/mol. The van der Waals surface area contributed by atoms with Crippen LogP contribution in [0.4, 0.5) is 0 Å². The molecule has 0 bridgehead atoms. The van der Waals surface area contributed by atoms with Crippen LogP contribution in [0.25, 0.3) is 5.70 Å². The van der Waals surface area contributed by atoms with E-state index in [1.165, 1.54) is 44.0 Å². The lowest BCUT2D eigenvalue weighted by atomic mass is 9.79. The lowest BCUT2D eigenvalue weighted by Gasteiger charge is -2.36. The van der Waals surface area contributed by atoms with Crippen molar-refractivity contribution in [1.82, 2.24) is 0 Å². The van der Waals surface area contributed by atoms with Gasteiger partial charge in [0.25, 0.3) is 0 Å². The zero-order chi connectivity index (χ0) is 26.4. The van der Waals surface area contributed by atoms with Crippen molar-refractivity contribution >= 4 is 5.70 Å². The highest BCUT2D eigenvalue weighted by atomic mass is 127. The maximum Gasteiger partial charge on any atom is 0.231 e. The van der Waals surface area contributed by atoms with Crippen LogP contribution in [0.1, 0.15) is 43.0 Å². The molecule has 4 aliphatic rings. The van der Waals surface area contributed by atoms with E-state index in [4.69, 9.17) is 18.9 Å². The molecule has 0 saturated carbocycles. The minimum atomic E-state index is -0.261. The van der Waals surface area contributed by atoms with Crippen LogP contribution in [0, 0.1) is 0 Å². The van der Waals surface area contributed by atoms with Gasteiger partial charge in [0.15, 0.2) is 11.5 Å². The van der Waals surface area contributed by atoms with Crippen molar-refractivity contribution in [3.8, 4) is 11.5 Å². The number of hydrogen-bond acceptors (Lipinski definition) is 4. The molecular weight excluding hydrogens is 601 g/mol. The van der Waals surface area contributed by atoms with Gasteiger partial charge in [-0.3, -0.25) is 4.90 Å².